The second kappa shape index (κ2) is 17.7. The van der Waals surface area contributed by atoms with E-state index >= 15 is 0 Å². The van der Waals surface area contributed by atoms with Crippen LogP contribution in [0.4, 0.5) is 0 Å². The van der Waals surface area contributed by atoms with Gasteiger partial charge in [-0.25, -0.2) is 0 Å². The molecule has 2 heteroatoms. The molecule has 0 bridgehead atoms. The third-order valence-corrected chi connectivity index (χ3v) is 19.2. The predicted octanol–water partition coefficient (Wildman–Crippen LogP) is 9.96. The van der Waals surface area contributed by atoms with Crippen LogP contribution in [-0.4, -0.2) is 23.9 Å². The van der Waals surface area contributed by atoms with Crippen LogP contribution in [0.15, 0.2) is 60.7 Å². The van der Waals surface area contributed by atoms with E-state index in [2.05, 4.69) is 88.4 Å². The molecule has 0 saturated carbocycles. The molecule has 2 aromatic carbocycles. The monoisotopic (exact) mass is 500 g/mol. The Kier molecular flexibility index (Phi) is 15.4. The molecule has 0 saturated heterocycles. The van der Waals surface area contributed by atoms with Crippen LogP contribution in [0.5, 0.6) is 0 Å². The van der Waals surface area contributed by atoms with Gasteiger partial charge in [-0.1, -0.05) is 13.3 Å². The normalized spacial score (nSPS) is 13.3. The Labute approximate surface area is 214 Å². The first-order valence-corrected chi connectivity index (χ1v) is 18.7. The summed E-state index contributed by atoms with van der Waals surface area (Å²) in [6.07, 6.45) is 21.5. The van der Waals surface area contributed by atoms with Crippen molar-refractivity contribution >= 4 is 25.8 Å². The molecule has 0 radical (unpaired) electrons. The van der Waals surface area contributed by atoms with Crippen LogP contribution in [0.2, 0.25) is 0 Å². The summed E-state index contributed by atoms with van der Waals surface area (Å²) in [5, 5.41) is 4.10. The van der Waals surface area contributed by atoms with Gasteiger partial charge in [0.2, 0.25) is 0 Å². The van der Waals surface area contributed by atoms with E-state index < -0.39 is 7.26 Å². The average Bonchev–Trinajstić information content (AvgIpc) is 2.89. The third-order valence-electron chi connectivity index (χ3n) is 8.28. The van der Waals surface area contributed by atoms with Crippen LogP contribution >= 0.6 is 15.2 Å². The first-order chi connectivity index (χ1) is 16.7. The van der Waals surface area contributed by atoms with Gasteiger partial charge in [0.25, 0.3) is 0 Å². The minimum atomic E-state index is -1.34. The van der Waals surface area contributed by atoms with E-state index in [0.29, 0.717) is 0 Å². The molecule has 0 amide bonds. The van der Waals surface area contributed by atoms with Crippen LogP contribution in [0.25, 0.3) is 0 Å². The van der Waals surface area contributed by atoms with Crippen molar-refractivity contribution in [3.8, 4) is 0 Å². The minimum absolute atomic E-state index is 0.296. The fourth-order valence-electron chi connectivity index (χ4n) is 5.85. The van der Waals surface area contributed by atoms with Gasteiger partial charge in [-0.05, 0) is 0 Å². The Hall–Kier alpha value is -0.700. The van der Waals surface area contributed by atoms with Crippen LogP contribution in [0.1, 0.15) is 105 Å². The Morgan fingerprint density at radius 2 is 0.912 bits per heavy atom. The van der Waals surface area contributed by atoms with Crippen LogP contribution in [0.3, 0.4) is 0 Å². The second-order valence-electron chi connectivity index (χ2n) is 10.3. The summed E-state index contributed by atoms with van der Waals surface area (Å²) in [6, 6.07) is 23.1. The molecule has 34 heavy (non-hydrogen) atoms. The average molecular weight is 501 g/mol. The molecular weight excluding hydrogens is 446 g/mol. The first kappa shape index (κ1) is 29.5. The van der Waals surface area contributed by atoms with Gasteiger partial charge in [-0.15, -0.1) is 0 Å². The summed E-state index contributed by atoms with van der Waals surface area (Å²) in [5.41, 5.74) is 0. The van der Waals surface area contributed by atoms with Gasteiger partial charge in [0, 0.05) is 0 Å². The van der Waals surface area contributed by atoms with Gasteiger partial charge in [0.15, 0.2) is 0 Å². The first-order valence-electron chi connectivity index (χ1n) is 14.6. The summed E-state index contributed by atoms with van der Waals surface area (Å²) < 4.78 is 0. The van der Waals surface area contributed by atoms with Crippen molar-refractivity contribution in [2.45, 2.75) is 110 Å². The molecule has 0 fully saturated rings. The van der Waals surface area contributed by atoms with Crippen molar-refractivity contribution in [1.82, 2.24) is 0 Å². The summed E-state index contributed by atoms with van der Waals surface area (Å²) in [5.74, 6) is 0. The Balaban J connectivity index is 2.04. The quantitative estimate of drug-likeness (QED) is 0.133. The molecule has 0 spiro atoms. The Bertz CT molecular complexity index is 675. The van der Waals surface area contributed by atoms with E-state index in [4.69, 9.17) is 0 Å². The van der Waals surface area contributed by atoms with Gasteiger partial charge in [0.1, 0.15) is 0 Å². The molecule has 2 rings (SSSR count). The molecule has 192 valence electrons. The zero-order valence-electron chi connectivity index (χ0n) is 22.9. The molecular formula is C32H54P2. The van der Waals surface area contributed by atoms with E-state index in [1.807, 2.05) is 0 Å². The second-order valence-corrected chi connectivity index (χ2v) is 18.7. The van der Waals surface area contributed by atoms with Crippen LogP contribution in [-0.2, 0) is 0 Å². The molecule has 0 aromatic heterocycles. The van der Waals surface area contributed by atoms with Gasteiger partial charge in [-0.2, -0.15) is 0 Å². The van der Waals surface area contributed by atoms with Gasteiger partial charge in [-0.3, -0.25) is 0 Å². The van der Waals surface area contributed by atoms with Crippen LogP contribution < -0.4 is 10.6 Å². The summed E-state index contributed by atoms with van der Waals surface area (Å²) in [4.78, 5) is 0. The summed E-state index contributed by atoms with van der Waals surface area (Å²) >= 11 is 0. The number of rotatable bonds is 19. The third kappa shape index (κ3) is 9.40. The number of hydrogen-bond donors (Lipinski definition) is 0. The molecule has 0 aliphatic carbocycles. The van der Waals surface area contributed by atoms with Crippen molar-refractivity contribution in [3.05, 3.63) is 60.7 Å². The molecule has 2 aromatic rings. The van der Waals surface area contributed by atoms with Crippen molar-refractivity contribution in [2.75, 3.05) is 18.5 Å². The van der Waals surface area contributed by atoms with E-state index in [1.165, 1.54) is 95.5 Å². The topological polar surface area (TPSA) is 0 Å². The molecule has 0 N–H and O–H groups in total. The molecule has 0 nitrogen and oxygen atoms in total. The van der Waals surface area contributed by atoms with Crippen molar-refractivity contribution in [1.29, 1.82) is 0 Å². The zero-order chi connectivity index (χ0) is 24.5. The summed E-state index contributed by atoms with van der Waals surface area (Å²) in [6.45, 7) is 9.84. The van der Waals surface area contributed by atoms with Crippen molar-refractivity contribution in [2.24, 2.45) is 0 Å². The van der Waals surface area contributed by atoms with Gasteiger partial charge in [0.05, 0.1) is 0 Å². The molecule has 0 heterocycles. The number of benzene rings is 2. The maximum atomic E-state index is 2.51. The molecule has 0 aliphatic rings. The van der Waals surface area contributed by atoms with E-state index in [0.717, 1.165) is 5.40 Å². The maximum absolute atomic E-state index is 2.51. The number of unbranched alkanes of at least 4 members (excludes halogenated alkanes) is 10. The summed E-state index contributed by atoms with van der Waals surface area (Å²) in [7, 11) is -1.64. The van der Waals surface area contributed by atoms with E-state index in [-0.39, 0.29) is 7.92 Å². The van der Waals surface area contributed by atoms with Crippen molar-refractivity contribution < 1.29 is 0 Å². The fraction of sp³-hybridized carbons (Fsp3) is 0.625. The van der Waals surface area contributed by atoms with Crippen molar-refractivity contribution in [3.63, 3.8) is 0 Å². The predicted molar refractivity (Wildman–Crippen MR) is 164 cm³/mol. The van der Waals surface area contributed by atoms with E-state index in [9.17, 15) is 0 Å². The Morgan fingerprint density at radius 1 is 0.529 bits per heavy atom. The SMILES string of the molecule is CCCCCCCCCCCCCC(P(c1ccccc1)c1ccccc1)[PH](CC)(CC)CC. The van der Waals surface area contributed by atoms with E-state index in [1.54, 1.807) is 10.6 Å². The molecule has 0 aliphatic heterocycles. The molecule has 1 unspecified atom stereocenters. The zero-order valence-corrected chi connectivity index (χ0v) is 24.8. The van der Waals surface area contributed by atoms with Crippen LogP contribution in [0, 0.1) is 0 Å². The van der Waals surface area contributed by atoms with Gasteiger partial charge < -0.3 is 0 Å². The molecule has 1 atom stereocenters. The number of hydrogen-bond acceptors (Lipinski definition) is 0. The fourth-order valence-corrected chi connectivity index (χ4v) is 16.8. The standard InChI is InChI=1S/C32H54P2/c1-5-9-10-11-12-13-14-15-16-17-24-29-32(34(6-2,7-3)8-4)33(30-25-20-18-21-26-30)31-27-22-19-23-28-31/h18-23,25-28,32,34H,5-17,24,29H2,1-4H3. The Morgan fingerprint density at radius 3 is 1.29 bits per heavy atom. The van der Waals surface area contributed by atoms with Gasteiger partial charge >= 0.3 is 202 Å².